The van der Waals surface area contributed by atoms with Crippen molar-refractivity contribution in [1.29, 1.82) is 0 Å². The van der Waals surface area contributed by atoms with Crippen LogP contribution in [0.1, 0.15) is 12.8 Å². The summed E-state index contributed by atoms with van der Waals surface area (Å²) in [5.41, 5.74) is 0. The molecule has 0 heterocycles. The second-order valence-electron chi connectivity index (χ2n) is 3.27. The molecule has 13 heavy (non-hydrogen) atoms. The minimum atomic E-state index is -2.47. The molecular weight excluding hydrogens is 178 g/mol. The Labute approximate surface area is 75.9 Å². The van der Waals surface area contributed by atoms with E-state index in [0.29, 0.717) is 5.92 Å². The smallest absolute Gasteiger partial charge is 0.255 e. The van der Waals surface area contributed by atoms with Gasteiger partial charge in [0, 0.05) is 0 Å². The number of alkyl halides is 2. The quantitative estimate of drug-likeness (QED) is 0.638. The molecule has 1 rings (SSSR count). The zero-order chi connectivity index (χ0) is 9.68. The van der Waals surface area contributed by atoms with E-state index in [1.807, 2.05) is 0 Å². The van der Waals surface area contributed by atoms with Gasteiger partial charge >= 0.3 is 0 Å². The Hall–Kier alpha value is -0.710. The van der Waals surface area contributed by atoms with E-state index in [4.69, 9.17) is 0 Å². The molecule has 1 saturated carbocycles. The van der Waals surface area contributed by atoms with Crippen LogP contribution in [0.25, 0.3) is 0 Å². The highest BCUT2D eigenvalue weighted by Gasteiger charge is 2.20. The molecule has 1 amide bonds. The molecule has 0 bridgehead atoms. The van der Waals surface area contributed by atoms with E-state index >= 15 is 0 Å². The van der Waals surface area contributed by atoms with Crippen LogP contribution >= 0.6 is 0 Å². The number of amides is 1. The molecule has 76 valence electrons. The SMILES string of the molecule is O=C(CNCC1CC1)NCC(F)F. The van der Waals surface area contributed by atoms with Crippen LogP contribution in [0.5, 0.6) is 0 Å². The standard InChI is InChI=1S/C8H14F2N2O/c9-7(10)4-12-8(13)5-11-3-6-1-2-6/h6-7,11H,1-5H2,(H,12,13). The van der Waals surface area contributed by atoms with Crippen LogP contribution in [-0.4, -0.2) is 32.0 Å². The van der Waals surface area contributed by atoms with Gasteiger partial charge in [-0.2, -0.15) is 0 Å². The van der Waals surface area contributed by atoms with E-state index in [9.17, 15) is 13.6 Å². The Morgan fingerprint density at radius 3 is 2.69 bits per heavy atom. The largest absolute Gasteiger partial charge is 0.349 e. The van der Waals surface area contributed by atoms with Crippen LogP contribution in [0.2, 0.25) is 0 Å². The summed E-state index contributed by atoms with van der Waals surface area (Å²) in [6, 6.07) is 0. The fourth-order valence-electron chi connectivity index (χ4n) is 0.965. The van der Waals surface area contributed by atoms with Crippen molar-refractivity contribution in [2.45, 2.75) is 19.3 Å². The van der Waals surface area contributed by atoms with Crippen LogP contribution < -0.4 is 10.6 Å². The topological polar surface area (TPSA) is 41.1 Å². The maximum absolute atomic E-state index is 11.6. The van der Waals surface area contributed by atoms with E-state index in [2.05, 4.69) is 10.6 Å². The maximum atomic E-state index is 11.6. The molecule has 0 aromatic rings. The number of carbonyl (C=O) groups is 1. The zero-order valence-corrected chi connectivity index (χ0v) is 7.35. The summed E-state index contributed by atoms with van der Waals surface area (Å²) in [6.07, 6.45) is -0.0375. The highest BCUT2D eigenvalue weighted by Crippen LogP contribution is 2.27. The minimum Gasteiger partial charge on any atom is -0.349 e. The molecule has 0 aliphatic heterocycles. The highest BCUT2D eigenvalue weighted by molar-refractivity contribution is 5.77. The van der Waals surface area contributed by atoms with Crippen molar-refractivity contribution in [3.8, 4) is 0 Å². The van der Waals surface area contributed by atoms with Gasteiger partial charge in [-0.3, -0.25) is 4.79 Å². The molecule has 0 atom stereocenters. The number of halogens is 2. The van der Waals surface area contributed by atoms with Crippen LogP contribution in [0, 0.1) is 5.92 Å². The average molecular weight is 192 g/mol. The van der Waals surface area contributed by atoms with Gasteiger partial charge in [0.2, 0.25) is 5.91 Å². The molecule has 2 N–H and O–H groups in total. The molecule has 0 aromatic heterocycles. The van der Waals surface area contributed by atoms with Gasteiger partial charge < -0.3 is 10.6 Å². The molecule has 5 heteroatoms. The molecule has 0 radical (unpaired) electrons. The molecule has 0 unspecified atom stereocenters. The van der Waals surface area contributed by atoms with E-state index in [1.54, 1.807) is 0 Å². The molecule has 1 aliphatic carbocycles. The summed E-state index contributed by atoms with van der Waals surface area (Å²) >= 11 is 0. The van der Waals surface area contributed by atoms with Gasteiger partial charge in [0.25, 0.3) is 6.43 Å². The molecule has 1 fully saturated rings. The third kappa shape index (κ3) is 5.52. The van der Waals surface area contributed by atoms with Crippen molar-refractivity contribution >= 4 is 5.91 Å². The first-order valence-electron chi connectivity index (χ1n) is 4.44. The van der Waals surface area contributed by atoms with Crippen molar-refractivity contribution in [2.24, 2.45) is 5.92 Å². The van der Waals surface area contributed by atoms with E-state index in [1.165, 1.54) is 12.8 Å². The molecule has 0 spiro atoms. The van der Waals surface area contributed by atoms with Gasteiger partial charge in [0.15, 0.2) is 0 Å². The second kappa shape index (κ2) is 5.11. The first-order chi connectivity index (χ1) is 6.18. The summed E-state index contributed by atoms with van der Waals surface area (Å²) in [7, 11) is 0. The average Bonchev–Trinajstić information content (AvgIpc) is 2.84. The van der Waals surface area contributed by atoms with E-state index < -0.39 is 13.0 Å². The Morgan fingerprint density at radius 1 is 1.46 bits per heavy atom. The zero-order valence-electron chi connectivity index (χ0n) is 7.35. The van der Waals surface area contributed by atoms with Gasteiger partial charge in [-0.05, 0) is 25.3 Å². The lowest BCUT2D eigenvalue weighted by atomic mass is 10.4. The van der Waals surface area contributed by atoms with Gasteiger partial charge in [-0.25, -0.2) is 8.78 Å². The third-order valence-corrected chi connectivity index (χ3v) is 1.87. The number of hydrogen-bond donors (Lipinski definition) is 2. The number of rotatable bonds is 6. The summed E-state index contributed by atoms with van der Waals surface area (Å²) in [6.45, 7) is 0.412. The van der Waals surface area contributed by atoms with Crippen LogP contribution in [0.3, 0.4) is 0 Å². The van der Waals surface area contributed by atoms with Crippen molar-refractivity contribution < 1.29 is 13.6 Å². The minimum absolute atomic E-state index is 0.142. The maximum Gasteiger partial charge on any atom is 0.255 e. The van der Waals surface area contributed by atoms with Gasteiger partial charge in [0.05, 0.1) is 13.1 Å². The van der Waals surface area contributed by atoms with Crippen LogP contribution in [-0.2, 0) is 4.79 Å². The van der Waals surface area contributed by atoms with E-state index in [-0.39, 0.29) is 12.5 Å². The van der Waals surface area contributed by atoms with Gasteiger partial charge in [-0.1, -0.05) is 0 Å². The number of hydrogen-bond acceptors (Lipinski definition) is 2. The highest BCUT2D eigenvalue weighted by atomic mass is 19.3. The van der Waals surface area contributed by atoms with Crippen molar-refractivity contribution in [1.82, 2.24) is 10.6 Å². The van der Waals surface area contributed by atoms with Gasteiger partial charge in [0.1, 0.15) is 0 Å². The van der Waals surface area contributed by atoms with Gasteiger partial charge in [-0.15, -0.1) is 0 Å². The molecule has 1 aliphatic rings. The Bertz CT molecular complexity index is 172. The summed E-state index contributed by atoms with van der Waals surface area (Å²) < 4.78 is 23.2. The normalized spacial score (nSPS) is 16.2. The summed E-state index contributed by atoms with van der Waals surface area (Å²) in [5, 5.41) is 5.04. The lowest BCUT2D eigenvalue weighted by molar-refractivity contribution is -0.120. The Balaban J connectivity index is 1.90. The Morgan fingerprint density at radius 2 is 2.15 bits per heavy atom. The summed E-state index contributed by atoms with van der Waals surface area (Å²) in [4.78, 5) is 10.8. The number of carbonyl (C=O) groups excluding carboxylic acids is 1. The summed E-state index contributed by atoms with van der Waals surface area (Å²) in [5.74, 6) is 0.337. The first-order valence-corrected chi connectivity index (χ1v) is 4.44. The first kappa shape index (κ1) is 10.4. The lowest BCUT2D eigenvalue weighted by Gasteiger charge is -2.04. The molecular formula is C8H14F2N2O. The predicted molar refractivity (Wildman–Crippen MR) is 44.6 cm³/mol. The predicted octanol–water partition coefficient (Wildman–Crippen LogP) is 0.367. The molecule has 3 nitrogen and oxygen atoms in total. The van der Waals surface area contributed by atoms with Crippen LogP contribution in [0.4, 0.5) is 8.78 Å². The van der Waals surface area contributed by atoms with Crippen LogP contribution in [0.15, 0.2) is 0 Å². The fourth-order valence-corrected chi connectivity index (χ4v) is 0.965. The van der Waals surface area contributed by atoms with E-state index in [0.717, 1.165) is 6.54 Å². The fraction of sp³-hybridized carbons (Fsp3) is 0.875. The van der Waals surface area contributed by atoms with Crippen molar-refractivity contribution in [3.63, 3.8) is 0 Å². The molecule has 0 aromatic carbocycles. The third-order valence-electron chi connectivity index (χ3n) is 1.87. The lowest BCUT2D eigenvalue weighted by Crippen LogP contribution is -2.36. The number of nitrogens with one attached hydrogen (secondary N) is 2. The molecule has 0 saturated heterocycles. The Kier molecular flexibility index (Phi) is 4.08. The van der Waals surface area contributed by atoms with Crippen molar-refractivity contribution in [2.75, 3.05) is 19.6 Å². The second-order valence-corrected chi connectivity index (χ2v) is 3.27. The monoisotopic (exact) mass is 192 g/mol. The van der Waals surface area contributed by atoms with Crippen molar-refractivity contribution in [3.05, 3.63) is 0 Å².